The topological polar surface area (TPSA) is 45.4 Å². The van der Waals surface area contributed by atoms with Gasteiger partial charge in [-0.15, -0.1) is 0 Å². The standard InChI is InChI=1S/C21H15N2O/c22-14-17-10-12-18(13-11-17)15-23-24-16-20-8-4-5-9-21(20)19-6-2-1-3-7-19/h1-13H,16H2. The largest absolute Gasteiger partial charge is 0.390 e. The molecule has 0 heterocycles. The normalized spacial score (nSPS) is 10.5. The molecule has 3 aromatic carbocycles. The van der Waals surface area contributed by atoms with Crippen molar-refractivity contribution in [2.24, 2.45) is 5.16 Å². The zero-order valence-electron chi connectivity index (χ0n) is 13.0. The molecule has 0 aliphatic heterocycles. The van der Waals surface area contributed by atoms with E-state index in [0.717, 1.165) is 22.3 Å². The van der Waals surface area contributed by atoms with Gasteiger partial charge >= 0.3 is 0 Å². The Morgan fingerprint density at radius 1 is 0.792 bits per heavy atom. The molecule has 0 saturated heterocycles. The van der Waals surface area contributed by atoms with Gasteiger partial charge in [-0.25, -0.2) is 0 Å². The second kappa shape index (κ2) is 7.75. The molecule has 0 N–H and O–H groups in total. The Balaban J connectivity index is 1.67. The molecule has 3 heteroatoms. The quantitative estimate of drug-likeness (QED) is 0.508. The van der Waals surface area contributed by atoms with Crippen LogP contribution in [0.4, 0.5) is 0 Å². The maximum Gasteiger partial charge on any atom is 0.142 e. The van der Waals surface area contributed by atoms with Crippen LogP contribution in [0.5, 0.6) is 0 Å². The van der Waals surface area contributed by atoms with Crippen LogP contribution < -0.4 is 0 Å². The average molecular weight is 311 g/mol. The van der Waals surface area contributed by atoms with Gasteiger partial charge in [-0.05, 0) is 28.8 Å². The van der Waals surface area contributed by atoms with E-state index in [-0.39, 0.29) is 0 Å². The highest BCUT2D eigenvalue weighted by atomic mass is 16.6. The van der Waals surface area contributed by atoms with Crippen molar-refractivity contribution in [1.82, 2.24) is 0 Å². The van der Waals surface area contributed by atoms with Crippen LogP contribution in [-0.4, -0.2) is 6.21 Å². The van der Waals surface area contributed by atoms with E-state index < -0.39 is 0 Å². The highest BCUT2D eigenvalue weighted by Gasteiger charge is 2.04. The molecular formula is C21H15N2O. The molecular weight excluding hydrogens is 296 g/mol. The summed E-state index contributed by atoms with van der Waals surface area (Å²) < 4.78 is 0. The molecule has 1 radical (unpaired) electrons. The van der Waals surface area contributed by atoms with E-state index in [4.69, 9.17) is 10.1 Å². The molecule has 0 atom stereocenters. The molecule has 0 aliphatic carbocycles. The minimum atomic E-state index is 0.369. The summed E-state index contributed by atoms with van der Waals surface area (Å²) in [5.74, 6) is 0. The van der Waals surface area contributed by atoms with Crippen LogP contribution in [0, 0.1) is 11.3 Å². The van der Waals surface area contributed by atoms with Crippen molar-refractivity contribution in [1.29, 1.82) is 5.26 Å². The van der Waals surface area contributed by atoms with Crippen molar-refractivity contribution in [2.45, 2.75) is 6.61 Å². The fraction of sp³-hybridized carbons (Fsp3) is 0.0476. The Morgan fingerprint density at radius 2 is 1.46 bits per heavy atom. The molecule has 0 unspecified atom stereocenters. The van der Waals surface area contributed by atoms with E-state index in [9.17, 15) is 0 Å². The Kier molecular flexibility index (Phi) is 5.01. The summed E-state index contributed by atoms with van der Waals surface area (Å²) in [5, 5.41) is 12.7. The lowest BCUT2D eigenvalue weighted by Crippen LogP contribution is -1.92. The molecule has 0 bridgehead atoms. The molecule has 3 nitrogen and oxygen atoms in total. The lowest BCUT2D eigenvalue weighted by Gasteiger charge is -2.08. The third kappa shape index (κ3) is 3.88. The molecule has 0 aromatic heterocycles. The first-order valence-corrected chi connectivity index (χ1v) is 7.58. The van der Waals surface area contributed by atoms with Crippen molar-refractivity contribution >= 4 is 6.21 Å². The van der Waals surface area contributed by atoms with Gasteiger partial charge in [0.15, 0.2) is 0 Å². The fourth-order valence-corrected chi connectivity index (χ4v) is 2.35. The molecule has 0 aliphatic rings. The average Bonchev–Trinajstić information content (AvgIpc) is 2.67. The van der Waals surface area contributed by atoms with Crippen molar-refractivity contribution in [3.63, 3.8) is 0 Å². The van der Waals surface area contributed by atoms with Gasteiger partial charge in [0, 0.05) is 5.56 Å². The first-order chi connectivity index (χ1) is 11.9. The Labute approximate surface area is 141 Å². The number of nitrogens with zero attached hydrogens (tertiary/aromatic N) is 2. The van der Waals surface area contributed by atoms with Crippen LogP contribution in [0.2, 0.25) is 0 Å². The molecule has 0 spiro atoms. The van der Waals surface area contributed by atoms with E-state index in [1.165, 1.54) is 0 Å². The summed E-state index contributed by atoms with van der Waals surface area (Å²) in [5.41, 5.74) is 4.72. The van der Waals surface area contributed by atoms with Crippen LogP contribution in [0.15, 0.2) is 84.0 Å². The van der Waals surface area contributed by atoms with Gasteiger partial charge in [-0.2, -0.15) is 5.26 Å². The fourth-order valence-electron chi connectivity index (χ4n) is 2.35. The first-order valence-electron chi connectivity index (χ1n) is 7.58. The second-order valence-corrected chi connectivity index (χ2v) is 5.19. The van der Waals surface area contributed by atoms with Gasteiger partial charge in [-0.1, -0.05) is 71.9 Å². The van der Waals surface area contributed by atoms with E-state index >= 15 is 0 Å². The summed E-state index contributed by atoms with van der Waals surface area (Å²) in [6.07, 6.45) is 2.82. The van der Waals surface area contributed by atoms with Gasteiger partial charge < -0.3 is 4.84 Å². The number of benzene rings is 3. The predicted molar refractivity (Wildman–Crippen MR) is 94.4 cm³/mol. The van der Waals surface area contributed by atoms with Crippen LogP contribution >= 0.6 is 0 Å². The summed E-state index contributed by atoms with van der Waals surface area (Å²) in [4.78, 5) is 5.39. The monoisotopic (exact) mass is 311 g/mol. The minimum absolute atomic E-state index is 0.369. The van der Waals surface area contributed by atoms with Gasteiger partial charge in [0.1, 0.15) is 12.8 Å². The molecule has 0 saturated carbocycles. The van der Waals surface area contributed by atoms with Gasteiger partial charge in [0.05, 0.1) is 11.6 Å². The lowest BCUT2D eigenvalue weighted by molar-refractivity contribution is 0.132. The second-order valence-electron chi connectivity index (χ2n) is 5.19. The van der Waals surface area contributed by atoms with Crippen LogP contribution in [0.1, 0.15) is 16.7 Å². The zero-order valence-corrected chi connectivity index (χ0v) is 13.0. The molecule has 3 aromatic rings. The zero-order chi connectivity index (χ0) is 16.6. The third-order valence-electron chi connectivity index (χ3n) is 3.58. The molecule has 0 amide bonds. The van der Waals surface area contributed by atoms with Crippen molar-refractivity contribution in [3.8, 4) is 17.2 Å². The van der Waals surface area contributed by atoms with Gasteiger partial charge in [-0.3, -0.25) is 0 Å². The predicted octanol–water partition coefficient (Wildman–Crippen LogP) is 4.65. The lowest BCUT2D eigenvalue weighted by atomic mass is 10.0. The Bertz CT molecular complexity index is 862. The number of rotatable bonds is 5. The van der Waals surface area contributed by atoms with Crippen molar-refractivity contribution in [3.05, 3.63) is 95.6 Å². The Morgan fingerprint density at radius 3 is 2.21 bits per heavy atom. The van der Waals surface area contributed by atoms with Crippen molar-refractivity contribution < 1.29 is 4.84 Å². The number of hydrogen-bond acceptors (Lipinski definition) is 3. The smallest absolute Gasteiger partial charge is 0.142 e. The van der Waals surface area contributed by atoms with Crippen LogP contribution in [0.3, 0.4) is 0 Å². The third-order valence-corrected chi connectivity index (χ3v) is 3.58. The summed E-state index contributed by atoms with van der Waals surface area (Å²) in [6.45, 7) is 0.369. The minimum Gasteiger partial charge on any atom is -0.390 e. The summed E-state index contributed by atoms with van der Waals surface area (Å²) in [6, 6.07) is 27.4. The molecule has 3 rings (SSSR count). The van der Waals surface area contributed by atoms with Crippen LogP contribution in [-0.2, 0) is 11.4 Å². The SMILES string of the molecule is N#Cc1ccc(/[C]=N/OCc2ccccc2-c2ccccc2)cc1. The maximum atomic E-state index is 8.77. The van der Waals surface area contributed by atoms with Gasteiger partial charge in [0.2, 0.25) is 0 Å². The van der Waals surface area contributed by atoms with E-state index in [0.29, 0.717) is 12.2 Å². The molecule has 24 heavy (non-hydrogen) atoms. The molecule has 115 valence electrons. The number of nitriles is 1. The molecule has 0 fully saturated rings. The Hall–Kier alpha value is -3.38. The highest BCUT2D eigenvalue weighted by molar-refractivity contribution is 5.79. The summed E-state index contributed by atoms with van der Waals surface area (Å²) >= 11 is 0. The van der Waals surface area contributed by atoms with E-state index in [1.54, 1.807) is 24.3 Å². The highest BCUT2D eigenvalue weighted by Crippen LogP contribution is 2.23. The maximum absolute atomic E-state index is 8.77. The first kappa shape index (κ1) is 15.5. The van der Waals surface area contributed by atoms with Crippen LogP contribution in [0.25, 0.3) is 11.1 Å². The summed E-state index contributed by atoms with van der Waals surface area (Å²) in [7, 11) is 0. The van der Waals surface area contributed by atoms with E-state index in [1.807, 2.05) is 36.4 Å². The van der Waals surface area contributed by atoms with Gasteiger partial charge in [0.25, 0.3) is 0 Å². The number of hydrogen-bond donors (Lipinski definition) is 0. The van der Waals surface area contributed by atoms with Crippen molar-refractivity contribution in [2.75, 3.05) is 0 Å². The van der Waals surface area contributed by atoms with E-state index in [2.05, 4.69) is 35.6 Å².